The van der Waals surface area contributed by atoms with Gasteiger partial charge in [0.15, 0.2) is 0 Å². The highest BCUT2D eigenvalue weighted by Gasteiger charge is 2.29. The summed E-state index contributed by atoms with van der Waals surface area (Å²) in [5.74, 6) is -0.798. The van der Waals surface area contributed by atoms with Gasteiger partial charge in [0.2, 0.25) is 5.91 Å². The first-order valence-electron chi connectivity index (χ1n) is 10.9. The molecule has 2 amide bonds. The maximum absolute atomic E-state index is 12.6. The molecule has 0 spiro atoms. The van der Waals surface area contributed by atoms with E-state index >= 15 is 0 Å². The second-order valence-corrected chi connectivity index (χ2v) is 9.88. The lowest BCUT2D eigenvalue weighted by molar-refractivity contribution is -0.154. The van der Waals surface area contributed by atoms with Crippen LogP contribution in [0, 0.1) is 0 Å². The maximum atomic E-state index is 12.6. The van der Waals surface area contributed by atoms with Crippen LogP contribution in [-0.2, 0) is 14.3 Å². The number of nitrogens with zero attached hydrogens (tertiary/aromatic N) is 2. The number of hydrazone groups is 1. The average Bonchev–Trinajstić information content (AvgIpc) is 3.13. The molecule has 1 aliphatic heterocycles. The van der Waals surface area contributed by atoms with E-state index in [2.05, 4.69) is 10.4 Å². The van der Waals surface area contributed by atoms with E-state index in [1.165, 1.54) is 5.01 Å². The Morgan fingerprint density at radius 2 is 1.74 bits per heavy atom. The molecule has 0 aromatic heterocycles. The van der Waals surface area contributed by atoms with Crippen LogP contribution in [0.25, 0.3) is 0 Å². The molecule has 9 heteroatoms. The summed E-state index contributed by atoms with van der Waals surface area (Å²) >= 11 is 12.2. The molecule has 0 radical (unpaired) electrons. The van der Waals surface area contributed by atoms with E-state index < -0.39 is 5.60 Å². The Hall–Kier alpha value is -2.90. The van der Waals surface area contributed by atoms with E-state index in [0.717, 1.165) is 5.56 Å². The van der Waals surface area contributed by atoms with E-state index in [1.54, 1.807) is 63.2 Å². The van der Waals surface area contributed by atoms with Crippen molar-refractivity contribution >= 4 is 46.7 Å². The molecule has 3 rings (SSSR count). The van der Waals surface area contributed by atoms with Gasteiger partial charge in [0.05, 0.1) is 24.6 Å². The fourth-order valence-electron chi connectivity index (χ4n) is 3.46. The topological polar surface area (TPSA) is 88.1 Å². The number of amides is 2. The Labute approximate surface area is 209 Å². The van der Waals surface area contributed by atoms with Gasteiger partial charge < -0.3 is 10.1 Å². The van der Waals surface area contributed by atoms with Gasteiger partial charge in [-0.15, -0.1) is 0 Å². The zero-order chi connectivity index (χ0) is 25.0. The van der Waals surface area contributed by atoms with Crippen LogP contribution in [-0.4, -0.2) is 40.7 Å². The molecule has 0 fully saturated rings. The van der Waals surface area contributed by atoms with Gasteiger partial charge in [-0.1, -0.05) is 35.3 Å². The number of hydrogen-bond donors (Lipinski definition) is 1. The number of halogens is 2. The summed E-state index contributed by atoms with van der Waals surface area (Å²) in [6.07, 6.45) is 0.243. The van der Waals surface area contributed by atoms with Crippen molar-refractivity contribution in [3.8, 4) is 0 Å². The third kappa shape index (κ3) is 6.81. The normalized spacial score (nSPS) is 14.6. The van der Waals surface area contributed by atoms with Crippen LogP contribution in [0.3, 0.4) is 0 Å². The lowest BCUT2D eigenvalue weighted by atomic mass is 10.0. The molecule has 1 atom stereocenters. The number of esters is 1. The zero-order valence-electron chi connectivity index (χ0n) is 19.5. The Balaban J connectivity index is 1.61. The van der Waals surface area contributed by atoms with Crippen LogP contribution in [0.15, 0.2) is 47.6 Å². The van der Waals surface area contributed by atoms with E-state index in [4.69, 9.17) is 27.9 Å². The third-order valence-corrected chi connectivity index (χ3v) is 5.49. The number of rotatable bonds is 7. The van der Waals surface area contributed by atoms with Crippen LogP contribution in [0.4, 0.5) is 0 Å². The summed E-state index contributed by atoms with van der Waals surface area (Å²) in [4.78, 5) is 36.8. The Kier molecular flexibility index (Phi) is 8.00. The van der Waals surface area contributed by atoms with Crippen molar-refractivity contribution in [1.29, 1.82) is 0 Å². The number of benzene rings is 2. The van der Waals surface area contributed by atoms with Gasteiger partial charge in [0.1, 0.15) is 5.60 Å². The highest BCUT2D eigenvalue weighted by Crippen LogP contribution is 2.28. The fraction of sp³-hybridized carbons (Fsp3) is 0.360. The van der Waals surface area contributed by atoms with Crippen molar-refractivity contribution < 1.29 is 19.1 Å². The first kappa shape index (κ1) is 25.7. The summed E-state index contributed by atoms with van der Waals surface area (Å²) < 4.78 is 5.23. The number of nitrogens with one attached hydrogen (secondary N) is 1. The van der Waals surface area contributed by atoms with Gasteiger partial charge in [-0.25, -0.2) is 5.01 Å². The number of ether oxygens (including phenoxy) is 1. The molecule has 1 heterocycles. The van der Waals surface area contributed by atoms with Gasteiger partial charge >= 0.3 is 5.97 Å². The molecule has 0 aliphatic carbocycles. The van der Waals surface area contributed by atoms with Crippen molar-refractivity contribution in [2.75, 3.05) is 6.54 Å². The molecule has 0 bridgehead atoms. The molecule has 34 heavy (non-hydrogen) atoms. The first-order chi connectivity index (χ1) is 15.9. The van der Waals surface area contributed by atoms with Crippen LogP contribution in [0.5, 0.6) is 0 Å². The highest BCUT2D eigenvalue weighted by molar-refractivity contribution is 6.35. The lowest BCUT2D eigenvalue weighted by Crippen LogP contribution is -2.29. The summed E-state index contributed by atoms with van der Waals surface area (Å²) in [5, 5.41) is 9.59. The van der Waals surface area contributed by atoms with Crippen molar-refractivity contribution in [2.24, 2.45) is 5.10 Å². The molecule has 2 aromatic rings. The minimum Gasteiger partial charge on any atom is -0.460 e. The zero-order valence-corrected chi connectivity index (χ0v) is 21.0. The number of hydrogen-bond acceptors (Lipinski definition) is 5. The smallest absolute Gasteiger partial charge is 0.308 e. The standard InChI is InChI=1S/C25H27Cl2N3O4/c1-15(30-22(31)14-21(29-30)18-11-19(26)13-20(27)12-18)16-5-7-17(8-6-16)24(33)28-10-9-23(32)34-25(2,3)4/h5-8,11-13,15H,9-10,14H2,1-4H3,(H,28,33)/t15-/m0/s1. The number of carbonyl (C=O) groups is 3. The molecule has 0 unspecified atom stereocenters. The SMILES string of the molecule is C[C@@H](c1ccc(C(=O)NCCC(=O)OC(C)(C)C)cc1)N1N=C(c2cc(Cl)cc(Cl)c2)CC1=O. The second kappa shape index (κ2) is 10.6. The van der Waals surface area contributed by atoms with Crippen molar-refractivity contribution in [3.63, 3.8) is 0 Å². The van der Waals surface area contributed by atoms with E-state index in [1.807, 2.05) is 6.92 Å². The summed E-state index contributed by atoms with van der Waals surface area (Å²) in [5.41, 5.74) is 2.02. The van der Waals surface area contributed by atoms with Crippen molar-refractivity contribution in [3.05, 3.63) is 69.2 Å². The van der Waals surface area contributed by atoms with Gasteiger partial charge in [-0.2, -0.15) is 5.10 Å². The van der Waals surface area contributed by atoms with Crippen LogP contribution < -0.4 is 5.32 Å². The van der Waals surface area contributed by atoms with E-state index in [-0.39, 0.29) is 43.2 Å². The highest BCUT2D eigenvalue weighted by atomic mass is 35.5. The molecule has 1 aliphatic rings. The quantitative estimate of drug-likeness (QED) is 0.528. The lowest BCUT2D eigenvalue weighted by Gasteiger charge is -2.21. The summed E-state index contributed by atoms with van der Waals surface area (Å²) in [7, 11) is 0. The molecule has 1 N–H and O–H groups in total. The second-order valence-electron chi connectivity index (χ2n) is 9.01. The molecule has 7 nitrogen and oxygen atoms in total. The Morgan fingerprint density at radius 1 is 1.12 bits per heavy atom. The van der Waals surface area contributed by atoms with E-state index in [9.17, 15) is 14.4 Å². The molecule has 2 aromatic carbocycles. The molecule has 180 valence electrons. The average molecular weight is 504 g/mol. The predicted molar refractivity (Wildman–Crippen MR) is 132 cm³/mol. The van der Waals surface area contributed by atoms with Crippen molar-refractivity contribution in [1.82, 2.24) is 10.3 Å². The van der Waals surface area contributed by atoms with Gasteiger partial charge in [0, 0.05) is 27.7 Å². The maximum Gasteiger partial charge on any atom is 0.308 e. The molecule has 0 saturated carbocycles. The van der Waals surface area contributed by atoms with Crippen molar-refractivity contribution in [2.45, 2.75) is 52.2 Å². The van der Waals surface area contributed by atoms with Crippen LogP contribution in [0.1, 0.15) is 68.1 Å². The largest absolute Gasteiger partial charge is 0.460 e. The van der Waals surface area contributed by atoms with E-state index in [0.29, 0.717) is 26.9 Å². The Morgan fingerprint density at radius 3 is 2.32 bits per heavy atom. The minimum absolute atomic E-state index is 0.0906. The third-order valence-electron chi connectivity index (χ3n) is 5.06. The van der Waals surface area contributed by atoms with Gasteiger partial charge in [0.25, 0.3) is 5.91 Å². The molecular formula is C25H27Cl2N3O4. The molecule has 0 saturated heterocycles. The molecular weight excluding hydrogens is 477 g/mol. The van der Waals surface area contributed by atoms with Crippen LogP contribution in [0.2, 0.25) is 10.0 Å². The fourth-order valence-corrected chi connectivity index (χ4v) is 3.98. The number of carbonyl (C=O) groups excluding carboxylic acids is 3. The van der Waals surface area contributed by atoms with Crippen LogP contribution >= 0.6 is 23.2 Å². The summed E-state index contributed by atoms with van der Waals surface area (Å²) in [6, 6.07) is 11.7. The minimum atomic E-state index is -0.559. The summed E-state index contributed by atoms with van der Waals surface area (Å²) in [6.45, 7) is 7.42. The monoisotopic (exact) mass is 503 g/mol. The van der Waals surface area contributed by atoms with Gasteiger partial charge in [-0.05, 0) is 63.6 Å². The predicted octanol–water partition coefficient (Wildman–Crippen LogP) is 5.15. The van der Waals surface area contributed by atoms with Gasteiger partial charge in [-0.3, -0.25) is 14.4 Å². The Bertz CT molecular complexity index is 1100. The first-order valence-corrected chi connectivity index (χ1v) is 11.6.